The Hall–Kier alpha value is -3.01. The third-order valence-electron chi connectivity index (χ3n) is 4.24. The molecular formula is C19H16N2O2. The fraction of sp³-hybridized carbons (Fsp3) is 0.105. The Balaban J connectivity index is 1.89. The molecule has 1 aliphatic heterocycles. The first-order valence-electron chi connectivity index (χ1n) is 7.43. The molecule has 1 aromatic heterocycles. The van der Waals surface area contributed by atoms with Gasteiger partial charge in [0, 0.05) is 47.1 Å². The van der Waals surface area contributed by atoms with Crippen LogP contribution in [0, 0.1) is 0 Å². The third kappa shape index (κ3) is 2.11. The summed E-state index contributed by atoms with van der Waals surface area (Å²) in [6, 6.07) is 13.7. The fourth-order valence-corrected chi connectivity index (χ4v) is 3.07. The number of benzene rings is 2. The van der Waals surface area contributed by atoms with Gasteiger partial charge in [-0.05, 0) is 24.3 Å². The molecule has 2 heterocycles. The van der Waals surface area contributed by atoms with E-state index in [2.05, 4.69) is 5.32 Å². The Kier molecular flexibility index (Phi) is 2.98. The molecule has 23 heavy (non-hydrogen) atoms. The van der Waals surface area contributed by atoms with E-state index >= 15 is 0 Å². The number of methoxy groups -OCH3 is 1. The lowest BCUT2D eigenvalue weighted by atomic mass is 10.0. The second-order valence-electron chi connectivity index (χ2n) is 5.64. The van der Waals surface area contributed by atoms with Crippen molar-refractivity contribution < 1.29 is 9.53 Å². The van der Waals surface area contributed by atoms with E-state index in [1.807, 2.05) is 66.4 Å². The van der Waals surface area contributed by atoms with Gasteiger partial charge in [-0.25, -0.2) is 0 Å². The van der Waals surface area contributed by atoms with Gasteiger partial charge >= 0.3 is 0 Å². The number of carbonyl (C=O) groups excluding carboxylic acids is 1. The minimum absolute atomic E-state index is 0.0586. The number of aryl methyl sites for hydroxylation is 1. The maximum absolute atomic E-state index is 12.3. The molecular weight excluding hydrogens is 288 g/mol. The van der Waals surface area contributed by atoms with Gasteiger partial charge in [-0.15, -0.1) is 0 Å². The zero-order valence-electron chi connectivity index (χ0n) is 13.0. The van der Waals surface area contributed by atoms with Gasteiger partial charge in [0.05, 0.1) is 12.6 Å². The van der Waals surface area contributed by atoms with E-state index in [1.165, 1.54) is 0 Å². The van der Waals surface area contributed by atoms with Crippen molar-refractivity contribution in [3.63, 3.8) is 0 Å². The van der Waals surface area contributed by atoms with Crippen LogP contribution in [0.25, 0.3) is 22.6 Å². The van der Waals surface area contributed by atoms with Crippen LogP contribution >= 0.6 is 0 Å². The third-order valence-corrected chi connectivity index (χ3v) is 4.24. The lowest BCUT2D eigenvalue weighted by molar-refractivity contribution is -0.110. The van der Waals surface area contributed by atoms with Crippen LogP contribution in [0.5, 0.6) is 5.75 Å². The van der Waals surface area contributed by atoms with Crippen LogP contribution in [-0.2, 0) is 11.8 Å². The van der Waals surface area contributed by atoms with Crippen molar-refractivity contribution in [2.75, 3.05) is 12.4 Å². The number of nitrogens with one attached hydrogen (secondary N) is 1. The summed E-state index contributed by atoms with van der Waals surface area (Å²) in [5, 5.41) is 4.00. The summed E-state index contributed by atoms with van der Waals surface area (Å²) >= 11 is 0. The first-order chi connectivity index (χ1) is 11.2. The van der Waals surface area contributed by atoms with Gasteiger partial charge in [0.1, 0.15) is 5.75 Å². The zero-order chi connectivity index (χ0) is 16.0. The largest absolute Gasteiger partial charge is 0.497 e. The number of hydrogen-bond donors (Lipinski definition) is 1. The van der Waals surface area contributed by atoms with Crippen LogP contribution in [0.2, 0.25) is 0 Å². The Morgan fingerprint density at radius 2 is 2.00 bits per heavy atom. The normalized spacial score (nSPS) is 15.0. The van der Waals surface area contributed by atoms with E-state index in [9.17, 15) is 4.79 Å². The smallest absolute Gasteiger partial charge is 0.256 e. The summed E-state index contributed by atoms with van der Waals surface area (Å²) in [4.78, 5) is 12.3. The second-order valence-corrected chi connectivity index (χ2v) is 5.64. The number of nitrogens with zero attached hydrogens (tertiary/aromatic N) is 1. The number of ether oxygens (including phenoxy) is 1. The average molecular weight is 304 g/mol. The molecule has 1 aliphatic rings. The van der Waals surface area contributed by atoms with Crippen molar-refractivity contribution in [1.29, 1.82) is 0 Å². The fourth-order valence-electron chi connectivity index (χ4n) is 3.07. The van der Waals surface area contributed by atoms with Gasteiger partial charge in [0.2, 0.25) is 0 Å². The predicted molar refractivity (Wildman–Crippen MR) is 92.4 cm³/mol. The predicted octanol–water partition coefficient (Wildman–Crippen LogP) is 3.68. The highest BCUT2D eigenvalue weighted by Gasteiger charge is 2.23. The van der Waals surface area contributed by atoms with Crippen LogP contribution in [0.1, 0.15) is 11.1 Å². The Labute approximate surface area is 134 Å². The minimum atomic E-state index is -0.0586. The molecule has 1 N–H and O–H groups in total. The van der Waals surface area contributed by atoms with E-state index in [4.69, 9.17) is 4.74 Å². The first-order valence-corrected chi connectivity index (χ1v) is 7.43. The van der Waals surface area contributed by atoms with Crippen LogP contribution in [0.3, 0.4) is 0 Å². The molecule has 0 aliphatic carbocycles. The standard InChI is InChI=1S/C19H16N2O2/c1-21-11-12(14-8-7-13(23-2)10-18(14)21)9-16-15-5-3-4-6-17(15)20-19(16)22/h3-11H,1-2H3,(H,20,22). The second kappa shape index (κ2) is 5.02. The Morgan fingerprint density at radius 1 is 1.17 bits per heavy atom. The molecule has 0 saturated carbocycles. The summed E-state index contributed by atoms with van der Waals surface area (Å²) in [5.74, 6) is 0.763. The van der Waals surface area contributed by atoms with Crippen molar-refractivity contribution in [3.05, 3.63) is 59.8 Å². The number of para-hydroxylation sites is 1. The number of amides is 1. The maximum atomic E-state index is 12.3. The molecule has 0 fully saturated rings. The van der Waals surface area contributed by atoms with Crippen molar-refractivity contribution in [1.82, 2.24) is 4.57 Å². The molecule has 0 radical (unpaired) electrons. The van der Waals surface area contributed by atoms with E-state index in [0.717, 1.165) is 33.5 Å². The van der Waals surface area contributed by atoms with Gasteiger partial charge in [-0.2, -0.15) is 0 Å². The number of anilines is 1. The van der Waals surface area contributed by atoms with Crippen molar-refractivity contribution in [2.24, 2.45) is 7.05 Å². The van der Waals surface area contributed by atoms with Crippen molar-refractivity contribution >= 4 is 34.1 Å². The maximum Gasteiger partial charge on any atom is 0.256 e. The van der Waals surface area contributed by atoms with Crippen LogP contribution < -0.4 is 10.1 Å². The number of aromatic nitrogens is 1. The SMILES string of the molecule is COc1ccc2c(C=C3C(=O)Nc4ccccc43)cn(C)c2c1. The van der Waals surface area contributed by atoms with Gasteiger partial charge in [-0.3, -0.25) is 4.79 Å². The molecule has 0 atom stereocenters. The van der Waals surface area contributed by atoms with Gasteiger partial charge in [0.25, 0.3) is 5.91 Å². The van der Waals surface area contributed by atoms with E-state index < -0.39 is 0 Å². The molecule has 4 heteroatoms. The van der Waals surface area contributed by atoms with Crippen molar-refractivity contribution in [2.45, 2.75) is 0 Å². The van der Waals surface area contributed by atoms with Crippen molar-refractivity contribution in [3.8, 4) is 5.75 Å². The molecule has 4 nitrogen and oxygen atoms in total. The summed E-state index contributed by atoms with van der Waals surface area (Å²) < 4.78 is 7.34. The summed E-state index contributed by atoms with van der Waals surface area (Å²) in [5.41, 5.74) is 4.60. The quantitative estimate of drug-likeness (QED) is 0.734. The lowest BCUT2D eigenvalue weighted by Gasteiger charge is -2.01. The summed E-state index contributed by atoms with van der Waals surface area (Å²) in [6.07, 6.45) is 3.99. The Morgan fingerprint density at radius 3 is 2.83 bits per heavy atom. The highest BCUT2D eigenvalue weighted by Crippen LogP contribution is 2.34. The zero-order valence-corrected chi connectivity index (χ0v) is 13.0. The molecule has 0 bridgehead atoms. The van der Waals surface area contributed by atoms with Crippen LogP contribution in [-0.4, -0.2) is 17.6 Å². The first kappa shape index (κ1) is 13.6. The monoisotopic (exact) mass is 304 g/mol. The topological polar surface area (TPSA) is 43.3 Å². The average Bonchev–Trinajstić information content (AvgIpc) is 3.05. The van der Waals surface area contributed by atoms with Gasteiger partial charge < -0.3 is 14.6 Å². The Bertz CT molecular complexity index is 967. The molecule has 0 unspecified atom stereocenters. The highest BCUT2D eigenvalue weighted by atomic mass is 16.5. The van der Waals surface area contributed by atoms with E-state index in [1.54, 1.807) is 7.11 Å². The molecule has 2 aromatic carbocycles. The van der Waals surface area contributed by atoms with Gasteiger partial charge in [0.15, 0.2) is 0 Å². The molecule has 3 aromatic rings. The molecule has 4 rings (SSSR count). The minimum Gasteiger partial charge on any atom is -0.497 e. The van der Waals surface area contributed by atoms with Gasteiger partial charge in [-0.1, -0.05) is 18.2 Å². The van der Waals surface area contributed by atoms with E-state index in [0.29, 0.717) is 5.57 Å². The molecule has 0 spiro atoms. The number of rotatable bonds is 2. The van der Waals surface area contributed by atoms with E-state index in [-0.39, 0.29) is 5.91 Å². The number of carbonyl (C=O) groups is 1. The lowest BCUT2D eigenvalue weighted by Crippen LogP contribution is -2.03. The summed E-state index contributed by atoms with van der Waals surface area (Å²) in [7, 11) is 3.65. The molecule has 1 amide bonds. The number of fused-ring (bicyclic) bond motifs is 2. The molecule has 0 saturated heterocycles. The molecule has 114 valence electrons. The van der Waals surface area contributed by atoms with Crippen LogP contribution in [0.4, 0.5) is 5.69 Å². The summed E-state index contributed by atoms with van der Waals surface area (Å²) in [6.45, 7) is 0. The highest BCUT2D eigenvalue weighted by molar-refractivity contribution is 6.35. The number of hydrogen-bond acceptors (Lipinski definition) is 2. The van der Waals surface area contributed by atoms with Crippen LogP contribution in [0.15, 0.2) is 48.7 Å².